The Morgan fingerprint density at radius 1 is 1.18 bits per heavy atom. The summed E-state index contributed by atoms with van der Waals surface area (Å²) in [5.41, 5.74) is 1.89. The first-order valence-electron chi connectivity index (χ1n) is 5.51. The van der Waals surface area contributed by atoms with Crippen LogP contribution in [-0.4, -0.2) is 11.4 Å². The molecule has 0 N–H and O–H groups in total. The Labute approximate surface area is 99.8 Å². The fourth-order valence-corrected chi connectivity index (χ4v) is 1.47. The minimum atomic E-state index is 0.469. The summed E-state index contributed by atoms with van der Waals surface area (Å²) in [4.78, 5) is 10.2. The minimum Gasteiger partial charge on any atom is -0.361 e. The van der Waals surface area contributed by atoms with Crippen LogP contribution in [0.5, 0.6) is 0 Å². The van der Waals surface area contributed by atoms with Crippen LogP contribution in [0.25, 0.3) is 12.2 Å². The van der Waals surface area contributed by atoms with Gasteiger partial charge >= 0.3 is 0 Å². The summed E-state index contributed by atoms with van der Waals surface area (Å²) >= 11 is 0. The summed E-state index contributed by atoms with van der Waals surface area (Å²) in [6.45, 7) is 0. The highest BCUT2D eigenvalue weighted by Gasteiger charge is 2.00. The highest BCUT2D eigenvalue weighted by Crippen LogP contribution is 2.10. The average Bonchev–Trinajstić information content (AvgIpc) is 2.83. The van der Waals surface area contributed by atoms with Crippen molar-refractivity contribution in [2.45, 2.75) is 12.8 Å². The van der Waals surface area contributed by atoms with E-state index in [1.165, 1.54) is 0 Å². The Morgan fingerprint density at radius 2 is 2.00 bits per heavy atom. The van der Waals surface area contributed by atoms with Crippen molar-refractivity contribution >= 4 is 18.4 Å². The van der Waals surface area contributed by atoms with Crippen LogP contribution in [0.4, 0.5) is 0 Å². The number of carbonyl (C=O) groups is 1. The van der Waals surface area contributed by atoms with Crippen molar-refractivity contribution in [3.05, 3.63) is 53.4 Å². The van der Waals surface area contributed by atoms with Crippen LogP contribution in [0, 0.1) is 0 Å². The Morgan fingerprint density at radius 3 is 2.76 bits per heavy atom. The molecule has 0 bridgehead atoms. The van der Waals surface area contributed by atoms with Gasteiger partial charge in [-0.15, -0.1) is 0 Å². The minimum absolute atomic E-state index is 0.469. The first kappa shape index (κ1) is 11.3. The van der Waals surface area contributed by atoms with Crippen LogP contribution in [0.15, 0.2) is 40.9 Å². The molecule has 2 aromatic rings. The lowest BCUT2D eigenvalue weighted by molar-refractivity contribution is -0.107. The quantitative estimate of drug-likeness (QED) is 0.737. The molecule has 17 heavy (non-hydrogen) atoms. The van der Waals surface area contributed by atoms with Gasteiger partial charge in [-0.25, -0.2) is 0 Å². The number of aromatic nitrogens is 1. The molecule has 0 aliphatic carbocycles. The number of nitrogens with zero attached hydrogens (tertiary/aromatic N) is 1. The molecule has 1 aromatic heterocycles. The van der Waals surface area contributed by atoms with Gasteiger partial charge < -0.3 is 9.32 Å². The third-order valence-electron chi connectivity index (χ3n) is 2.33. The van der Waals surface area contributed by atoms with E-state index in [0.717, 1.165) is 23.3 Å². The van der Waals surface area contributed by atoms with Crippen molar-refractivity contribution in [3.8, 4) is 0 Å². The number of aldehydes is 1. The molecule has 3 heteroatoms. The molecular weight excluding hydrogens is 214 g/mol. The van der Waals surface area contributed by atoms with Crippen LogP contribution in [0.2, 0.25) is 0 Å². The zero-order valence-electron chi connectivity index (χ0n) is 9.37. The van der Waals surface area contributed by atoms with Crippen molar-refractivity contribution in [1.29, 1.82) is 0 Å². The van der Waals surface area contributed by atoms with Gasteiger partial charge in [0.25, 0.3) is 0 Å². The molecule has 0 radical (unpaired) electrons. The molecule has 0 saturated carbocycles. The SMILES string of the molecule is O=CCCc1cc(/C=C/c2ccccc2)no1. The zero-order valence-corrected chi connectivity index (χ0v) is 9.37. The molecule has 0 saturated heterocycles. The monoisotopic (exact) mass is 227 g/mol. The van der Waals surface area contributed by atoms with E-state index in [1.54, 1.807) is 0 Å². The van der Waals surface area contributed by atoms with Gasteiger partial charge in [-0.05, 0) is 11.6 Å². The number of carbonyl (C=O) groups excluding carboxylic acids is 1. The van der Waals surface area contributed by atoms with Gasteiger partial charge in [0.2, 0.25) is 0 Å². The molecule has 86 valence electrons. The van der Waals surface area contributed by atoms with Crippen molar-refractivity contribution in [2.24, 2.45) is 0 Å². The number of rotatable bonds is 5. The first-order chi connectivity index (χ1) is 8.38. The largest absolute Gasteiger partial charge is 0.361 e. The normalized spacial score (nSPS) is 10.8. The number of aryl methyl sites for hydroxylation is 1. The van der Waals surface area contributed by atoms with E-state index in [2.05, 4.69) is 5.16 Å². The molecule has 0 atom stereocenters. The smallest absolute Gasteiger partial charge is 0.137 e. The third kappa shape index (κ3) is 3.41. The molecule has 0 amide bonds. The highest BCUT2D eigenvalue weighted by atomic mass is 16.5. The number of benzene rings is 1. The van der Waals surface area contributed by atoms with E-state index in [1.807, 2.05) is 48.6 Å². The van der Waals surface area contributed by atoms with Crippen molar-refractivity contribution in [3.63, 3.8) is 0 Å². The Kier molecular flexibility index (Phi) is 3.86. The van der Waals surface area contributed by atoms with Gasteiger partial charge in [0, 0.05) is 18.9 Å². The molecule has 0 aliphatic heterocycles. The van der Waals surface area contributed by atoms with E-state index in [0.29, 0.717) is 12.8 Å². The molecule has 0 fully saturated rings. The van der Waals surface area contributed by atoms with Crippen LogP contribution in [0.1, 0.15) is 23.4 Å². The van der Waals surface area contributed by atoms with Crippen molar-refractivity contribution < 1.29 is 9.32 Å². The van der Waals surface area contributed by atoms with Crippen LogP contribution in [0.3, 0.4) is 0 Å². The van der Waals surface area contributed by atoms with Crippen molar-refractivity contribution in [1.82, 2.24) is 5.16 Å². The predicted octanol–water partition coefficient (Wildman–Crippen LogP) is 2.98. The number of hydrogen-bond acceptors (Lipinski definition) is 3. The molecule has 2 rings (SSSR count). The van der Waals surface area contributed by atoms with E-state index >= 15 is 0 Å². The average molecular weight is 227 g/mol. The second-order valence-corrected chi connectivity index (χ2v) is 3.67. The molecule has 1 aromatic carbocycles. The first-order valence-corrected chi connectivity index (χ1v) is 5.51. The van der Waals surface area contributed by atoms with Gasteiger partial charge in [0.15, 0.2) is 0 Å². The fraction of sp³-hybridized carbons (Fsp3) is 0.143. The summed E-state index contributed by atoms with van der Waals surface area (Å²) in [6, 6.07) is 11.8. The topological polar surface area (TPSA) is 43.1 Å². The summed E-state index contributed by atoms with van der Waals surface area (Å²) < 4.78 is 5.09. The number of hydrogen-bond donors (Lipinski definition) is 0. The Bertz CT molecular complexity index is 500. The van der Waals surface area contributed by atoms with Gasteiger partial charge in [-0.1, -0.05) is 41.6 Å². The zero-order chi connectivity index (χ0) is 11.9. The third-order valence-corrected chi connectivity index (χ3v) is 2.33. The van der Waals surface area contributed by atoms with E-state index in [-0.39, 0.29) is 0 Å². The maximum absolute atomic E-state index is 10.2. The maximum atomic E-state index is 10.2. The van der Waals surface area contributed by atoms with Crippen molar-refractivity contribution in [2.75, 3.05) is 0 Å². The van der Waals surface area contributed by atoms with E-state index in [9.17, 15) is 4.79 Å². The van der Waals surface area contributed by atoms with E-state index < -0.39 is 0 Å². The molecule has 0 aliphatic rings. The maximum Gasteiger partial charge on any atom is 0.137 e. The van der Waals surface area contributed by atoms with Gasteiger partial charge in [-0.3, -0.25) is 0 Å². The Balaban J connectivity index is 2.01. The molecule has 0 unspecified atom stereocenters. The van der Waals surface area contributed by atoms with Crippen LogP contribution < -0.4 is 0 Å². The van der Waals surface area contributed by atoms with Crippen LogP contribution in [-0.2, 0) is 11.2 Å². The Hall–Kier alpha value is -2.16. The fourth-order valence-electron chi connectivity index (χ4n) is 1.47. The molecule has 3 nitrogen and oxygen atoms in total. The lowest BCUT2D eigenvalue weighted by atomic mass is 10.2. The molecule has 1 heterocycles. The lowest BCUT2D eigenvalue weighted by Crippen LogP contribution is -1.81. The second-order valence-electron chi connectivity index (χ2n) is 3.67. The van der Waals surface area contributed by atoms with Gasteiger partial charge in [0.05, 0.1) is 0 Å². The second kappa shape index (κ2) is 5.80. The van der Waals surface area contributed by atoms with Crippen LogP contribution >= 0.6 is 0 Å². The van der Waals surface area contributed by atoms with Gasteiger partial charge in [-0.2, -0.15) is 0 Å². The summed E-state index contributed by atoms with van der Waals surface area (Å²) in [7, 11) is 0. The van der Waals surface area contributed by atoms with Gasteiger partial charge in [0.1, 0.15) is 17.7 Å². The molecular formula is C14H13NO2. The summed E-state index contributed by atoms with van der Waals surface area (Å²) in [5.74, 6) is 0.741. The molecule has 0 spiro atoms. The summed E-state index contributed by atoms with van der Waals surface area (Å²) in [6.07, 6.45) is 5.82. The highest BCUT2D eigenvalue weighted by molar-refractivity contribution is 5.67. The summed E-state index contributed by atoms with van der Waals surface area (Å²) in [5, 5.41) is 3.91. The standard InChI is InChI=1S/C14H13NO2/c16-10-4-7-14-11-13(15-17-14)9-8-12-5-2-1-3-6-12/h1-3,5-6,8-11H,4,7H2/b9-8+. The lowest BCUT2D eigenvalue weighted by Gasteiger charge is -1.88. The predicted molar refractivity (Wildman–Crippen MR) is 66.3 cm³/mol. The van der Waals surface area contributed by atoms with E-state index in [4.69, 9.17) is 4.52 Å².